The summed E-state index contributed by atoms with van der Waals surface area (Å²) in [6.07, 6.45) is 0.514. The quantitative estimate of drug-likeness (QED) is 0.774. The van der Waals surface area contributed by atoms with Gasteiger partial charge in [-0.2, -0.15) is 0 Å². The van der Waals surface area contributed by atoms with Crippen LogP contribution < -0.4 is 0 Å². The summed E-state index contributed by atoms with van der Waals surface area (Å²) < 4.78 is 24.8. The maximum absolute atomic E-state index is 13.6. The number of halogens is 1. The maximum atomic E-state index is 13.6. The Balaban J connectivity index is 1.93. The first-order valence-electron chi connectivity index (χ1n) is 7.39. The lowest BCUT2D eigenvalue weighted by molar-refractivity contribution is -0.180. The fraction of sp³-hybridized carbons (Fsp3) is 0.588. The predicted octanol–water partition coefficient (Wildman–Crippen LogP) is 3.82. The van der Waals surface area contributed by atoms with E-state index < -0.39 is 11.8 Å². The number of hydrogen-bond acceptors (Lipinski definition) is 3. The molecule has 0 heterocycles. The van der Waals surface area contributed by atoms with Crippen LogP contribution in [0.25, 0.3) is 0 Å². The van der Waals surface area contributed by atoms with Crippen molar-refractivity contribution in [2.24, 2.45) is 11.3 Å². The number of ether oxygens (including phenoxy) is 2. The van der Waals surface area contributed by atoms with Crippen LogP contribution in [0.3, 0.4) is 0 Å². The Morgan fingerprint density at radius 1 is 1.33 bits per heavy atom. The van der Waals surface area contributed by atoms with Gasteiger partial charge in [0, 0.05) is 18.4 Å². The van der Waals surface area contributed by atoms with E-state index in [0.717, 1.165) is 0 Å². The van der Waals surface area contributed by atoms with E-state index in [4.69, 9.17) is 9.47 Å². The SMILES string of the molecule is CC(C)CO[C@@H]1C[C@H](OC(=O)c2ccccc2F)C1(C)C. The molecule has 0 aliphatic heterocycles. The van der Waals surface area contributed by atoms with E-state index in [1.807, 2.05) is 13.8 Å². The molecule has 1 aliphatic rings. The Morgan fingerprint density at radius 2 is 2.00 bits per heavy atom. The number of carbonyl (C=O) groups excluding carboxylic acids is 1. The van der Waals surface area contributed by atoms with Crippen LogP contribution in [0.5, 0.6) is 0 Å². The van der Waals surface area contributed by atoms with Crippen molar-refractivity contribution in [2.45, 2.75) is 46.3 Å². The fourth-order valence-electron chi connectivity index (χ4n) is 2.46. The van der Waals surface area contributed by atoms with Crippen molar-refractivity contribution < 1.29 is 18.7 Å². The number of benzene rings is 1. The highest BCUT2D eigenvalue weighted by molar-refractivity contribution is 5.89. The summed E-state index contributed by atoms with van der Waals surface area (Å²) in [5.41, 5.74) is -0.254. The van der Waals surface area contributed by atoms with Crippen molar-refractivity contribution in [2.75, 3.05) is 6.61 Å². The second kappa shape index (κ2) is 6.14. The summed E-state index contributed by atoms with van der Waals surface area (Å²) in [6, 6.07) is 5.88. The normalized spacial score (nSPS) is 23.7. The lowest BCUT2D eigenvalue weighted by Gasteiger charge is -2.50. The monoisotopic (exact) mass is 294 g/mol. The van der Waals surface area contributed by atoms with Gasteiger partial charge in [-0.1, -0.05) is 39.8 Å². The summed E-state index contributed by atoms with van der Waals surface area (Å²) >= 11 is 0. The molecule has 0 bridgehead atoms. The molecule has 0 amide bonds. The van der Waals surface area contributed by atoms with E-state index in [-0.39, 0.29) is 23.2 Å². The highest BCUT2D eigenvalue weighted by atomic mass is 19.1. The van der Waals surface area contributed by atoms with E-state index in [1.165, 1.54) is 12.1 Å². The Labute approximate surface area is 125 Å². The average Bonchev–Trinajstić information content (AvgIpc) is 2.41. The molecule has 2 atom stereocenters. The van der Waals surface area contributed by atoms with E-state index in [1.54, 1.807) is 12.1 Å². The molecule has 1 fully saturated rings. The fourth-order valence-corrected chi connectivity index (χ4v) is 2.46. The van der Waals surface area contributed by atoms with Crippen LogP contribution in [0.1, 0.15) is 44.5 Å². The van der Waals surface area contributed by atoms with Gasteiger partial charge < -0.3 is 9.47 Å². The highest BCUT2D eigenvalue weighted by Gasteiger charge is 2.51. The van der Waals surface area contributed by atoms with Crippen LogP contribution in [0.4, 0.5) is 4.39 Å². The third kappa shape index (κ3) is 3.43. The topological polar surface area (TPSA) is 35.5 Å². The molecule has 1 aliphatic carbocycles. The number of rotatable bonds is 5. The van der Waals surface area contributed by atoms with Gasteiger partial charge in [0.2, 0.25) is 0 Å². The van der Waals surface area contributed by atoms with Gasteiger partial charge in [0.25, 0.3) is 0 Å². The summed E-state index contributed by atoms with van der Waals surface area (Å²) in [6.45, 7) is 8.92. The first-order valence-corrected chi connectivity index (χ1v) is 7.39. The van der Waals surface area contributed by atoms with Crippen molar-refractivity contribution >= 4 is 5.97 Å². The van der Waals surface area contributed by atoms with E-state index in [2.05, 4.69) is 13.8 Å². The van der Waals surface area contributed by atoms with Gasteiger partial charge in [-0.05, 0) is 18.1 Å². The highest BCUT2D eigenvalue weighted by Crippen LogP contribution is 2.45. The smallest absolute Gasteiger partial charge is 0.341 e. The largest absolute Gasteiger partial charge is 0.458 e. The molecule has 4 heteroatoms. The first-order chi connectivity index (χ1) is 9.82. The van der Waals surface area contributed by atoms with Gasteiger partial charge in [0.05, 0.1) is 11.7 Å². The van der Waals surface area contributed by atoms with Crippen molar-refractivity contribution in [1.29, 1.82) is 0 Å². The second-order valence-corrected chi connectivity index (χ2v) is 6.65. The summed E-state index contributed by atoms with van der Waals surface area (Å²) in [4.78, 5) is 12.0. The first kappa shape index (κ1) is 16.0. The number of hydrogen-bond donors (Lipinski definition) is 0. The lowest BCUT2D eigenvalue weighted by atomic mass is 9.66. The molecule has 0 spiro atoms. The van der Waals surface area contributed by atoms with Crippen LogP contribution >= 0.6 is 0 Å². The van der Waals surface area contributed by atoms with Gasteiger partial charge in [0.1, 0.15) is 11.9 Å². The Morgan fingerprint density at radius 3 is 2.57 bits per heavy atom. The van der Waals surface area contributed by atoms with Gasteiger partial charge in [-0.15, -0.1) is 0 Å². The minimum atomic E-state index is -0.603. The maximum Gasteiger partial charge on any atom is 0.341 e. The molecule has 0 aromatic heterocycles. The standard InChI is InChI=1S/C17H23FO3/c1-11(2)10-20-14-9-15(17(14,3)4)21-16(19)12-7-5-6-8-13(12)18/h5-8,11,14-15H,9-10H2,1-4H3/t14-,15+/m1/s1. The molecule has 1 aromatic carbocycles. The van der Waals surface area contributed by atoms with Gasteiger partial charge in [0.15, 0.2) is 0 Å². The molecule has 0 saturated heterocycles. The Hall–Kier alpha value is -1.42. The third-order valence-electron chi connectivity index (χ3n) is 4.06. The Kier molecular flexibility index (Phi) is 4.67. The van der Waals surface area contributed by atoms with E-state index in [0.29, 0.717) is 18.9 Å². The van der Waals surface area contributed by atoms with Crippen molar-refractivity contribution in [3.8, 4) is 0 Å². The molecule has 0 unspecified atom stereocenters. The molecule has 2 rings (SSSR count). The van der Waals surface area contributed by atoms with Crippen molar-refractivity contribution in [1.82, 2.24) is 0 Å². The Bertz CT molecular complexity index is 511. The molecular formula is C17H23FO3. The van der Waals surface area contributed by atoms with E-state index >= 15 is 0 Å². The molecule has 0 radical (unpaired) electrons. The summed E-state index contributed by atoms with van der Waals surface area (Å²) in [5.74, 6) is -0.679. The van der Waals surface area contributed by atoms with Gasteiger partial charge in [-0.25, -0.2) is 9.18 Å². The minimum absolute atomic E-state index is 0.0140. The number of carbonyl (C=O) groups is 1. The third-order valence-corrected chi connectivity index (χ3v) is 4.06. The molecule has 0 N–H and O–H groups in total. The zero-order valence-electron chi connectivity index (χ0n) is 13.1. The van der Waals surface area contributed by atoms with Crippen LogP contribution in [0.2, 0.25) is 0 Å². The van der Waals surface area contributed by atoms with Crippen molar-refractivity contribution in [3.05, 3.63) is 35.6 Å². The minimum Gasteiger partial charge on any atom is -0.458 e. The molecule has 21 heavy (non-hydrogen) atoms. The summed E-state index contributed by atoms with van der Waals surface area (Å²) in [5, 5.41) is 0. The molecule has 3 nitrogen and oxygen atoms in total. The molecule has 116 valence electrons. The van der Waals surface area contributed by atoms with Crippen LogP contribution in [0, 0.1) is 17.2 Å². The van der Waals surface area contributed by atoms with Gasteiger partial charge in [-0.3, -0.25) is 0 Å². The zero-order valence-corrected chi connectivity index (χ0v) is 13.1. The van der Waals surface area contributed by atoms with Gasteiger partial charge >= 0.3 is 5.97 Å². The van der Waals surface area contributed by atoms with Crippen molar-refractivity contribution in [3.63, 3.8) is 0 Å². The predicted molar refractivity (Wildman–Crippen MR) is 78.6 cm³/mol. The van der Waals surface area contributed by atoms with Crippen LogP contribution in [0.15, 0.2) is 24.3 Å². The van der Waals surface area contributed by atoms with Crippen LogP contribution in [-0.2, 0) is 9.47 Å². The number of esters is 1. The molecule has 1 saturated carbocycles. The molecule has 1 aromatic rings. The average molecular weight is 294 g/mol. The van der Waals surface area contributed by atoms with Crippen LogP contribution in [-0.4, -0.2) is 24.8 Å². The van der Waals surface area contributed by atoms with E-state index in [9.17, 15) is 9.18 Å². The molecular weight excluding hydrogens is 271 g/mol. The summed E-state index contributed by atoms with van der Waals surface area (Å²) in [7, 11) is 0. The lowest BCUT2D eigenvalue weighted by Crippen LogP contribution is -2.56. The zero-order chi connectivity index (χ0) is 15.6. The second-order valence-electron chi connectivity index (χ2n) is 6.65.